The van der Waals surface area contributed by atoms with E-state index in [-0.39, 0.29) is 12.5 Å². The summed E-state index contributed by atoms with van der Waals surface area (Å²) in [7, 11) is 1.25. The standard InChI is InChI=1S/C7H9NO3/c1-6(9)8-5-3-4-7(10)11-2/h5H2,1-2H3,(H,8,9). The lowest BCUT2D eigenvalue weighted by atomic mass is 10.5. The third-order valence-corrected chi connectivity index (χ3v) is 0.802. The van der Waals surface area contributed by atoms with Crippen molar-refractivity contribution in [1.29, 1.82) is 0 Å². The van der Waals surface area contributed by atoms with Gasteiger partial charge in [0.1, 0.15) is 0 Å². The Kier molecular flexibility index (Phi) is 4.58. The van der Waals surface area contributed by atoms with E-state index < -0.39 is 5.97 Å². The number of methoxy groups -OCH3 is 1. The minimum atomic E-state index is -0.602. The van der Waals surface area contributed by atoms with Gasteiger partial charge >= 0.3 is 5.97 Å². The number of esters is 1. The number of carbonyl (C=O) groups is 2. The van der Waals surface area contributed by atoms with Crippen LogP contribution < -0.4 is 5.32 Å². The van der Waals surface area contributed by atoms with E-state index in [1.54, 1.807) is 0 Å². The number of rotatable bonds is 1. The third-order valence-electron chi connectivity index (χ3n) is 0.802. The molecule has 0 aliphatic rings. The molecule has 0 heterocycles. The lowest BCUT2D eigenvalue weighted by Gasteiger charge is -1.90. The molecule has 0 radical (unpaired) electrons. The van der Waals surface area contributed by atoms with Crippen molar-refractivity contribution in [2.45, 2.75) is 6.92 Å². The molecule has 1 amide bonds. The van der Waals surface area contributed by atoms with Crippen LogP contribution in [0.25, 0.3) is 0 Å². The van der Waals surface area contributed by atoms with Gasteiger partial charge in [0, 0.05) is 12.8 Å². The largest absolute Gasteiger partial charge is 0.459 e. The van der Waals surface area contributed by atoms with Crippen molar-refractivity contribution < 1.29 is 14.3 Å². The predicted molar refractivity (Wildman–Crippen MR) is 38.5 cm³/mol. The summed E-state index contributed by atoms with van der Waals surface area (Å²) in [5, 5.41) is 2.40. The molecule has 11 heavy (non-hydrogen) atoms. The van der Waals surface area contributed by atoms with E-state index >= 15 is 0 Å². The monoisotopic (exact) mass is 155 g/mol. The summed E-state index contributed by atoms with van der Waals surface area (Å²) in [5.41, 5.74) is 0. The van der Waals surface area contributed by atoms with Crippen LogP contribution in [-0.4, -0.2) is 25.5 Å². The summed E-state index contributed by atoms with van der Waals surface area (Å²) < 4.78 is 4.23. The summed E-state index contributed by atoms with van der Waals surface area (Å²) in [4.78, 5) is 20.6. The average molecular weight is 155 g/mol. The van der Waals surface area contributed by atoms with Gasteiger partial charge in [-0.1, -0.05) is 5.92 Å². The molecule has 0 rings (SSSR count). The Morgan fingerprint density at radius 1 is 1.55 bits per heavy atom. The van der Waals surface area contributed by atoms with Gasteiger partial charge in [-0.3, -0.25) is 4.79 Å². The molecule has 0 saturated carbocycles. The van der Waals surface area contributed by atoms with Crippen LogP contribution in [0, 0.1) is 11.8 Å². The molecule has 0 aliphatic heterocycles. The van der Waals surface area contributed by atoms with Crippen LogP contribution in [-0.2, 0) is 14.3 Å². The molecule has 0 fully saturated rings. The van der Waals surface area contributed by atoms with E-state index in [1.807, 2.05) is 0 Å². The highest BCUT2D eigenvalue weighted by molar-refractivity contribution is 5.88. The fourth-order valence-corrected chi connectivity index (χ4v) is 0.336. The Morgan fingerprint density at radius 3 is 2.64 bits per heavy atom. The SMILES string of the molecule is COC(=O)C#CCNC(C)=O. The Balaban J connectivity index is 3.56. The molecule has 0 spiro atoms. The topological polar surface area (TPSA) is 55.4 Å². The first kappa shape index (κ1) is 9.50. The van der Waals surface area contributed by atoms with Gasteiger partial charge in [0.2, 0.25) is 5.91 Å². The highest BCUT2D eigenvalue weighted by atomic mass is 16.5. The van der Waals surface area contributed by atoms with E-state index in [0.29, 0.717) is 0 Å². The number of carbonyl (C=O) groups excluding carboxylic acids is 2. The molecule has 0 aromatic carbocycles. The summed E-state index contributed by atoms with van der Waals surface area (Å²) in [6.07, 6.45) is 0. The lowest BCUT2D eigenvalue weighted by Crippen LogP contribution is -2.19. The van der Waals surface area contributed by atoms with Crippen LogP contribution in [0.2, 0.25) is 0 Å². The second-order valence-corrected chi connectivity index (χ2v) is 1.70. The first-order valence-electron chi connectivity index (χ1n) is 2.98. The van der Waals surface area contributed by atoms with Crippen molar-refractivity contribution in [3.8, 4) is 11.8 Å². The maximum Gasteiger partial charge on any atom is 0.384 e. The Bertz CT molecular complexity index is 211. The van der Waals surface area contributed by atoms with Gasteiger partial charge in [0.25, 0.3) is 0 Å². The van der Waals surface area contributed by atoms with Gasteiger partial charge in [-0.25, -0.2) is 4.79 Å². The fraction of sp³-hybridized carbons (Fsp3) is 0.429. The highest BCUT2D eigenvalue weighted by Crippen LogP contribution is 1.66. The zero-order valence-corrected chi connectivity index (χ0v) is 6.43. The van der Waals surface area contributed by atoms with Crippen molar-refractivity contribution in [3.05, 3.63) is 0 Å². The van der Waals surface area contributed by atoms with Crippen molar-refractivity contribution in [2.24, 2.45) is 0 Å². The maximum absolute atomic E-state index is 10.3. The Morgan fingerprint density at radius 2 is 2.18 bits per heavy atom. The van der Waals surface area contributed by atoms with Crippen LogP contribution in [0.3, 0.4) is 0 Å². The van der Waals surface area contributed by atoms with Gasteiger partial charge < -0.3 is 10.1 Å². The molecular weight excluding hydrogens is 146 g/mol. The molecule has 1 N–H and O–H groups in total. The second kappa shape index (κ2) is 5.30. The maximum atomic E-state index is 10.3. The lowest BCUT2D eigenvalue weighted by molar-refractivity contribution is -0.133. The first-order chi connectivity index (χ1) is 5.16. The molecule has 0 aliphatic carbocycles. The molecule has 4 heteroatoms. The van der Waals surface area contributed by atoms with Crippen molar-refractivity contribution in [1.82, 2.24) is 5.32 Å². The van der Waals surface area contributed by atoms with Crippen molar-refractivity contribution >= 4 is 11.9 Å². The minimum Gasteiger partial charge on any atom is -0.459 e. The van der Waals surface area contributed by atoms with E-state index in [1.165, 1.54) is 14.0 Å². The molecule has 0 bridgehead atoms. The molecule has 0 saturated heterocycles. The number of nitrogens with one attached hydrogen (secondary N) is 1. The van der Waals surface area contributed by atoms with Crippen LogP contribution >= 0.6 is 0 Å². The summed E-state index contributed by atoms with van der Waals surface area (Å²) in [6, 6.07) is 0. The van der Waals surface area contributed by atoms with Gasteiger partial charge in [-0.2, -0.15) is 0 Å². The van der Waals surface area contributed by atoms with E-state index in [2.05, 4.69) is 21.9 Å². The quantitative estimate of drug-likeness (QED) is 0.309. The smallest absolute Gasteiger partial charge is 0.384 e. The highest BCUT2D eigenvalue weighted by Gasteiger charge is 1.88. The predicted octanol–water partition coefficient (Wildman–Crippen LogP) is -0.701. The minimum absolute atomic E-state index is 0.171. The van der Waals surface area contributed by atoms with Crippen LogP contribution in [0.5, 0.6) is 0 Å². The number of hydrogen-bond acceptors (Lipinski definition) is 3. The van der Waals surface area contributed by atoms with Gasteiger partial charge in [0.15, 0.2) is 0 Å². The molecule has 0 aromatic rings. The number of hydrogen-bond donors (Lipinski definition) is 1. The molecule has 0 unspecified atom stereocenters. The van der Waals surface area contributed by atoms with Crippen LogP contribution in [0.4, 0.5) is 0 Å². The number of amides is 1. The van der Waals surface area contributed by atoms with E-state index in [0.717, 1.165) is 0 Å². The zero-order chi connectivity index (χ0) is 8.69. The molecular formula is C7H9NO3. The van der Waals surface area contributed by atoms with Crippen LogP contribution in [0.1, 0.15) is 6.92 Å². The normalized spacial score (nSPS) is 7.45. The summed E-state index contributed by atoms with van der Waals surface area (Å²) in [5.74, 6) is 3.79. The van der Waals surface area contributed by atoms with Crippen molar-refractivity contribution in [2.75, 3.05) is 13.7 Å². The second-order valence-electron chi connectivity index (χ2n) is 1.70. The van der Waals surface area contributed by atoms with Gasteiger partial charge in [-0.05, 0) is 0 Å². The van der Waals surface area contributed by atoms with Gasteiger partial charge in [-0.15, -0.1) is 0 Å². The summed E-state index contributed by atoms with van der Waals surface area (Å²) >= 11 is 0. The van der Waals surface area contributed by atoms with Crippen LogP contribution in [0.15, 0.2) is 0 Å². The fourth-order valence-electron chi connectivity index (χ4n) is 0.336. The Hall–Kier alpha value is -1.50. The summed E-state index contributed by atoms with van der Waals surface area (Å²) in [6.45, 7) is 1.55. The Labute approximate surface area is 64.9 Å². The average Bonchev–Trinajstić information content (AvgIpc) is 1.97. The molecule has 0 aromatic heterocycles. The van der Waals surface area contributed by atoms with E-state index in [9.17, 15) is 9.59 Å². The number of ether oxygens (including phenoxy) is 1. The molecule has 4 nitrogen and oxygen atoms in total. The molecule has 0 atom stereocenters. The van der Waals surface area contributed by atoms with Gasteiger partial charge in [0.05, 0.1) is 13.7 Å². The van der Waals surface area contributed by atoms with Crippen molar-refractivity contribution in [3.63, 3.8) is 0 Å². The zero-order valence-electron chi connectivity index (χ0n) is 6.43. The van der Waals surface area contributed by atoms with E-state index in [4.69, 9.17) is 0 Å². The molecule has 60 valence electrons. The first-order valence-corrected chi connectivity index (χ1v) is 2.98. The third kappa shape index (κ3) is 6.38.